The van der Waals surface area contributed by atoms with Gasteiger partial charge in [0, 0.05) is 11.0 Å². The molecule has 2 nitrogen and oxygen atoms in total. The molecule has 0 radical (unpaired) electrons. The van der Waals surface area contributed by atoms with Crippen LogP contribution in [0.1, 0.15) is 11.1 Å². The van der Waals surface area contributed by atoms with Gasteiger partial charge in [-0.1, -0.05) is 23.9 Å². The van der Waals surface area contributed by atoms with Gasteiger partial charge in [-0.3, -0.25) is 0 Å². The van der Waals surface area contributed by atoms with Crippen molar-refractivity contribution in [2.45, 2.75) is 18.7 Å². The predicted molar refractivity (Wildman–Crippen MR) is 58.5 cm³/mol. The first-order valence-corrected chi connectivity index (χ1v) is 5.11. The lowest BCUT2D eigenvalue weighted by molar-refractivity contribution is -0.131. The van der Waals surface area contributed by atoms with Crippen LogP contribution in [-0.4, -0.2) is 11.1 Å². The number of carboxylic acid groups (broad SMARTS) is 1. The highest BCUT2D eigenvalue weighted by atomic mass is 32.2. The summed E-state index contributed by atoms with van der Waals surface area (Å²) in [6, 6.07) is 6.12. The minimum atomic E-state index is -0.914. The van der Waals surface area contributed by atoms with E-state index in [-0.39, 0.29) is 0 Å². The normalized spacial score (nSPS) is 10.7. The SMILES string of the molecule is Cc1ccc(C)c(SC=CC(=O)O)c1. The molecule has 0 fully saturated rings. The number of carboxylic acids is 1. The van der Waals surface area contributed by atoms with Crippen LogP contribution in [0.15, 0.2) is 34.6 Å². The van der Waals surface area contributed by atoms with E-state index in [9.17, 15) is 4.79 Å². The average molecular weight is 208 g/mol. The topological polar surface area (TPSA) is 37.3 Å². The molecule has 1 rings (SSSR count). The zero-order valence-electron chi connectivity index (χ0n) is 8.15. The molecule has 0 bridgehead atoms. The molecule has 0 unspecified atom stereocenters. The first-order valence-electron chi connectivity index (χ1n) is 4.23. The fourth-order valence-electron chi connectivity index (χ4n) is 1.000. The fourth-order valence-corrected chi connectivity index (χ4v) is 1.84. The van der Waals surface area contributed by atoms with Crippen LogP contribution < -0.4 is 0 Å². The smallest absolute Gasteiger partial charge is 0.328 e. The molecule has 14 heavy (non-hydrogen) atoms. The highest BCUT2D eigenvalue weighted by molar-refractivity contribution is 8.02. The van der Waals surface area contributed by atoms with E-state index in [1.807, 2.05) is 32.0 Å². The number of benzene rings is 1. The Bertz CT molecular complexity index is 370. The van der Waals surface area contributed by atoms with Crippen LogP contribution in [-0.2, 0) is 4.79 Å². The maximum absolute atomic E-state index is 10.2. The summed E-state index contributed by atoms with van der Waals surface area (Å²) in [5.41, 5.74) is 2.34. The van der Waals surface area contributed by atoms with Crippen molar-refractivity contribution >= 4 is 17.7 Å². The van der Waals surface area contributed by atoms with E-state index in [1.54, 1.807) is 5.41 Å². The van der Waals surface area contributed by atoms with Gasteiger partial charge >= 0.3 is 5.97 Å². The van der Waals surface area contributed by atoms with Crippen LogP contribution >= 0.6 is 11.8 Å². The summed E-state index contributed by atoms with van der Waals surface area (Å²) in [5, 5.41) is 10.0. The lowest BCUT2D eigenvalue weighted by atomic mass is 10.2. The Morgan fingerprint density at radius 3 is 2.79 bits per heavy atom. The van der Waals surface area contributed by atoms with Gasteiger partial charge in [0.1, 0.15) is 0 Å². The molecular weight excluding hydrogens is 196 g/mol. The zero-order valence-corrected chi connectivity index (χ0v) is 8.97. The van der Waals surface area contributed by atoms with Crippen molar-refractivity contribution < 1.29 is 9.90 Å². The molecule has 0 amide bonds. The van der Waals surface area contributed by atoms with E-state index in [2.05, 4.69) is 0 Å². The van der Waals surface area contributed by atoms with Gasteiger partial charge in [0.15, 0.2) is 0 Å². The second-order valence-corrected chi connectivity index (χ2v) is 3.98. The van der Waals surface area contributed by atoms with Gasteiger partial charge in [0.25, 0.3) is 0 Å². The molecule has 74 valence electrons. The van der Waals surface area contributed by atoms with Gasteiger partial charge in [-0.25, -0.2) is 4.79 Å². The van der Waals surface area contributed by atoms with Crippen molar-refractivity contribution in [3.63, 3.8) is 0 Å². The summed E-state index contributed by atoms with van der Waals surface area (Å²) < 4.78 is 0. The van der Waals surface area contributed by atoms with Gasteiger partial charge in [-0.05, 0) is 36.4 Å². The summed E-state index contributed by atoms with van der Waals surface area (Å²) in [4.78, 5) is 11.3. The molecule has 0 aromatic heterocycles. The van der Waals surface area contributed by atoms with Gasteiger partial charge in [-0.2, -0.15) is 0 Å². The number of hydrogen-bond acceptors (Lipinski definition) is 2. The standard InChI is InChI=1S/C11H12O2S/c1-8-3-4-9(2)10(7-8)14-6-5-11(12)13/h3-7H,1-2H3,(H,12,13). The van der Waals surface area contributed by atoms with Gasteiger partial charge in [0.05, 0.1) is 0 Å². The summed E-state index contributed by atoms with van der Waals surface area (Å²) >= 11 is 1.43. The second-order valence-electron chi connectivity index (χ2n) is 3.03. The molecule has 0 atom stereocenters. The monoisotopic (exact) mass is 208 g/mol. The Kier molecular flexibility index (Phi) is 3.77. The maximum Gasteiger partial charge on any atom is 0.328 e. The molecule has 0 aliphatic heterocycles. The first-order chi connectivity index (χ1) is 6.59. The van der Waals surface area contributed by atoms with E-state index in [4.69, 9.17) is 5.11 Å². The number of hydrogen-bond donors (Lipinski definition) is 1. The van der Waals surface area contributed by atoms with E-state index >= 15 is 0 Å². The maximum atomic E-state index is 10.2. The Balaban J connectivity index is 2.76. The lowest BCUT2D eigenvalue weighted by Gasteiger charge is -2.02. The van der Waals surface area contributed by atoms with E-state index in [1.165, 1.54) is 17.3 Å². The van der Waals surface area contributed by atoms with Gasteiger partial charge in [-0.15, -0.1) is 0 Å². The Hall–Kier alpha value is -1.22. The molecule has 0 aliphatic rings. The molecular formula is C11H12O2S. The van der Waals surface area contributed by atoms with Crippen molar-refractivity contribution in [3.8, 4) is 0 Å². The number of thioether (sulfide) groups is 1. The minimum absolute atomic E-state index is 0.914. The highest BCUT2D eigenvalue weighted by Crippen LogP contribution is 2.24. The van der Waals surface area contributed by atoms with Crippen LogP contribution in [0.3, 0.4) is 0 Å². The minimum Gasteiger partial charge on any atom is -0.478 e. The van der Waals surface area contributed by atoms with Crippen molar-refractivity contribution in [1.82, 2.24) is 0 Å². The summed E-state index contributed by atoms with van der Waals surface area (Å²) in [7, 11) is 0. The van der Waals surface area contributed by atoms with Crippen LogP contribution in [0.4, 0.5) is 0 Å². The third-order valence-corrected chi connectivity index (χ3v) is 2.72. The molecule has 1 N–H and O–H groups in total. The molecule has 3 heteroatoms. The van der Waals surface area contributed by atoms with Crippen LogP contribution in [0, 0.1) is 13.8 Å². The second kappa shape index (κ2) is 4.86. The first kappa shape index (κ1) is 10.9. The number of carbonyl (C=O) groups is 1. The van der Waals surface area contributed by atoms with Crippen molar-refractivity contribution in [2.75, 3.05) is 0 Å². The average Bonchev–Trinajstić information content (AvgIpc) is 2.10. The molecule has 1 aromatic rings. The van der Waals surface area contributed by atoms with E-state index in [0.717, 1.165) is 16.5 Å². The fraction of sp³-hybridized carbons (Fsp3) is 0.182. The molecule has 1 aromatic carbocycles. The van der Waals surface area contributed by atoms with Crippen molar-refractivity contribution in [2.24, 2.45) is 0 Å². The zero-order chi connectivity index (χ0) is 10.6. The Morgan fingerprint density at radius 2 is 2.14 bits per heavy atom. The molecule has 0 spiro atoms. The van der Waals surface area contributed by atoms with E-state index < -0.39 is 5.97 Å². The largest absolute Gasteiger partial charge is 0.478 e. The Labute approximate surface area is 87.6 Å². The number of aryl methyl sites for hydroxylation is 2. The van der Waals surface area contributed by atoms with Crippen LogP contribution in [0.2, 0.25) is 0 Å². The summed E-state index contributed by atoms with van der Waals surface area (Å²) in [6.07, 6.45) is 1.15. The van der Waals surface area contributed by atoms with Crippen LogP contribution in [0.5, 0.6) is 0 Å². The third-order valence-electron chi connectivity index (χ3n) is 1.75. The third kappa shape index (κ3) is 3.26. The number of rotatable bonds is 3. The van der Waals surface area contributed by atoms with Gasteiger partial charge < -0.3 is 5.11 Å². The molecule has 0 saturated heterocycles. The van der Waals surface area contributed by atoms with E-state index in [0.29, 0.717) is 0 Å². The van der Waals surface area contributed by atoms with Crippen molar-refractivity contribution in [1.29, 1.82) is 0 Å². The van der Waals surface area contributed by atoms with Gasteiger partial charge in [0.2, 0.25) is 0 Å². The summed E-state index contributed by atoms with van der Waals surface area (Å²) in [5.74, 6) is -0.914. The van der Waals surface area contributed by atoms with Crippen molar-refractivity contribution in [3.05, 3.63) is 40.8 Å². The van der Waals surface area contributed by atoms with Crippen LogP contribution in [0.25, 0.3) is 0 Å². The Morgan fingerprint density at radius 1 is 1.43 bits per heavy atom. The quantitative estimate of drug-likeness (QED) is 0.613. The lowest BCUT2D eigenvalue weighted by Crippen LogP contribution is -1.85. The molecule has 0 heterocycles. The predicted octanol–water partition coefficient (Wildman–Crippen LogP) is 2.99. The molecule has 0 saturated carbocycles. The molecule has 0 aliphatic carbocycles. The highest BCUT2D eigenvalue weighted by Gasteiger charge is 1.97. The number of aliphatic carboxylic acids is 1. The summed E-state index contributed by atoms with van der Waals surface area (Å²) in [6.45, 7) is 4.03.